The number of aryl methyl sites for hydroxylation is 3. The van der Waals surface area contributed by atoms with E-state index in [1.165, 1.54) is 21.3 Å². The number of benzene rings is 2. The van der Waals surface area contributed by atoms with Crippen molar-refractivity contribution in [3.05, 3.63) is 47.0 Å². The summed E-state index contributed by atoms with van der Waals surface area (Å²) >= 11 is 0. The van der Waals surface area contributed by atoms with Crippen molar-refractivity contribution in [3.63, 3.8) is 0 Å². The summed E-state index contributed by atoms with van der Waals surface area (Å²) in [5.74, 6) is 0.679. The number of anilines is 1. The van der Waals surface area contributed by atoms with E-state index in [1.807, 2.05) is 32.0 Å². The molecule has 0 aliphatic rings. The van der Waals surface area contributed by atoms with E-state index in [2.05, 4.69) is 5.32 Å². The molecule has 0 saturated heterocycles. The van der Waals surface area contributed by atoms with Gasteiger partial charge in [-0.3, -0.25) is 9.59 Å². The molecular formula is C22H27NO6. The molecule has 156 valence electrons. The van der Waals surface area contributed by atoms with Crippen molar-refractivity contribution in [2.45, 2.75) is 26.7 Å². The van der Waals surface area contributed by atoms with E-state index < -0.39 is 5.97 Å². The van der Waals surface area contributed by atoms with Gasteiger partial charge in [0.15, 0.2) is 18.1 Å². The molecule has 2 aromatic rings. The fourth-order valence-electron chi connectivity index (χ4n) is 2.76. The second kappa shape index (κ2) is 10.4. The molecule has 0 aliphatic carbocycles. The first kappa shape index (κ1) is 22.1. The molecular weight excluding hydrogens is 374 g/mol. The maximum atomic E-state index is 12.0. The number of methoxy groups -OCH3 is 3. The van der Waals surface area contributed by atoms with Crippen molar-refractivity contribution in [2.75, 3.05) is 33.3 Å². The molecule has 0 atom stereocenters. The summed E-state index contributed by atoms with van der Waals surface area (Å²) in [5, 5.41) is 2.72. The molecule has 0 bridgehead atoms. The number of nitrogens with one attached hydrogen (secondary N) is 1. The lowest BCUT2D eigenvalue weighted by molar-refractivity contribution is -0.147. The number of hydrogen-bond donors (Lipinski definition) is 1. The minimum absolute atomic E-state index is 0.121. The quantitative estimate of drug-likeness (QED) is 0.648. The Labute approximate surface area is 170 Å². The third-order valence-electron chi connectivity index (χ3n) is 4.50. The Kier molecular flexibility index (Phi) is 7.88. The van der Waals surface area contributed by atoms with Gasteiger partial charge >= 0.3 is 5.97 Å². The second-order valence-electron chi connectivity index (χ2n) is 6.54. The lowest BCUT2D eigenvalue weighted by Crippen LogP contribution is -2.21. The maximum Gasteiger partial charge on any atom is 0.306 e. The van der Waals surface area contributed by atoms with Crippen LogP contribution in [0.4, 0.5) is 5.69 Å². The largest absolute Gasteiger partial charge is 0.493 e. The first-order valence-electron chi connectivity index (χ1n) is 9.19. The Morgan fingerprint density at radius 1 is 0.897 bits per heavy atom. The van der Waals surface area contributed by atoms with Gasteiger partial charge in [0, 0.05) is 12.1 Å². The fraction of sp³-hybridized carbons (Fsp3) is 0.364. The van der Waals surface area contributed by atoms with Gasteiger partial charge in [-0.1, -0.05) is 6.07 Å². The molecule has 1 N–H and O–H groups in total. The zero-order valence-corrected chi connectivity index (χ0v) is 17.5. The molecule has 2 rings (SSSR count). The standard InChI is InChI=1S/C22H27NO6/c1-14-6-8-17(10-15(14)2)23-20(24)13-29-21(25)9-7-16-11-18(26-3)22(28-5)19(12-16)27-4/h6,8,10-12H,7,9,13H2,1-5H3,(H,23,24). The minimum Gasteiger partial charge on any atom is -0.493 e. The van der Waals surface area contributed by atoms with E-state index in [0.717, 1.165) is 16.7 Å². The topological polar surface area (TPSA) is 83.1 Å². The van der Waals surface area contributed by atoms with Crippen LogP contribution < -0.4 is 19.5 Å². The molecule has 0 aromatic heterocycles. The molecule has 0 saturated carbocycles. The van der Waals surface area contributed by atoms with Crippen LogP contribution in [-0.4, -0.2) is 39.8 Å². The van der Waals surface area contributed by atoms with E-state index in [1.54, 1.807) is 12.1 Å². The third-order valence-corrected chi connectivity index (χ3v) is 4.50. The summed E-state index contributed by atoms with van der Waals surface area (Å²) in [6.45, 7) is 3.63. The summed E-state index contributed by atoms with van der Waals surface area (Å²) in [4.78, 5) is 24.0. The van der Waals surface area contributed by atoms with E-state index in [-0.39, 0.29) is 18.9 Å². The lowest BCUT2D eigenvalue weighted by Gasteiger charge is -2.14. The first-order chi connectivity index (χ1) is 13.9. The summed E-state index contributed by atoms with van der Waals surface area (Å²) in [6, 6.07) is 9.17. The number of esters is 1. The summed E-state index contributed by atoms with van der Waals surface area (Å²) in [5.41, 5.74) is 3.72. The van der Waals surface area contributed by atoms with Crippen molar-refractivity contribution in [3.8, 4) is 17.2 Å². The van der Waals surface area contributed by atoms with E-state index in [0.29, 0.717) is 29.4 Å². The third kappa shape index (κ3) is 6.14. The zero-order valence-electron chi connectivity index (χ0n) is 17.5. The molecule has 29 heavy (non-hydrogen) atoms. The average molecular weight is 401 g/mol. The van der Waals surface area contributed by atoms with Gasteiger partial charge in [-0.2, -0.15) is 0 Å². The molecule has 0 aliphatic heterocycles. The highest BCUT2D eigenvalue weighted by Gasteiger charge is 2.15. The number of carbonyl (C=O) groups excluding carboxylic acids is 2. The normalized spacial score (nSPS) is 10.2. The molecule has 0 fully saturated rings. The number of carbonyl (C=O) groups is 2. The van der Waals surface area contributed by atoms with Gasteiger partial charge in [-0.15, -0.1) is 0 Å². The summed E-state index contributed by atoms with van der Waals surface area (Å²) in [6.07, 6.45) is 0.532. The molecule has 7 heteroatoms. The SMILES string of the molecule is COc1cc(CCC(=O)OCC(=O)Nc2ccc(C)c(C)c2)cc(OC)c1OC. The van der Waals surface area contributed by atoms with Crippen LogP contribution in [0.2, 0.25) is 0 Å². The predicted octanol–water partition coefficient (Wildman–Crippen LogP) is 3.44. The number of ether oxygens (including phenoxy) is 4. The van der Waals surface area contributed by atoms with Crippen molar-refractivity contribution < 1.29 is 28.5 Å². The minimum atomic E-state index is -0.464. The molecule has 0 heterocycles. The summed E-state index contributed by atoms with van der Waals surface area (Å²) in [7, 11) is 4.59. The highest BCUT2D eigenvalue weighted by atomic mass is 16.5. The number of rotatable bonds is 9. The Morgan fingerprint density at radius 3 is 2.10 bits per heavy atom. The molecule has 2 aromatic carbocycles. The first-order valence-corrected chi connectivity index (χ1v) is 9.19. The monoisotopic (exact) mass is 401 g/mol. The molecule has 0 unspecified atom stereocenters. The number of hydrogen-bond acceptors (Lipinski definition) is 6. The van der Waals surface area contributed by atoms with Crippen LogP contribution in [0.15, 0.2) is 30.3 Å². The van der Waals surface area contributed by atoms with Crippen molar-refractivity contribution in [1.29, 1.82) is 0 Å². The van der Waals surface area contributed by atoms with Gasteiger partial charge in [0.05, 0.1) is 21.3 Å². The van der Waals surface area contributed by atoms with Crippen LogP contribution in [0.25, 0.3) is 0 Å². The van der Waals surface area contributed by atoms with Gasteiger partial charge in [0.25, 0.3) is 5.91 Å². The van der Waals surface area contributed by atoms with Gasteiger partial charge in [-0.05, 0) is 61.2 Å². The molecule has 0 spiro atoms. The van der Waals surface area contributed by atoms with Gasteiger partial charge in [0.1, 0.15) is 0 Å². The van der Waals surface area contributed by atoms with Gasteiger partial charge in [0.2, 0.25) is 5.75 Å². The van der Waals surface area contributed by atoms with Crippen molar-refractivity contribution in [2.24, 2.45) is 0 Å². The summed E-state index contributed by atoms with van der Waals surface area (Å²) < 4.78 is 21.0. The van der Waals surface area contributed by atoms with Gasteiger partial charge < -0.3 is 24.3 Å². The van der Waals surface area contributed by atoms with Crippen LogP contribution in [0.3, 0.4) is 0 Å². The Hall–Kier alpha value is -3.22. The van der Waals surface area contributed by atoms with Crippen molar-refractivity contribution >= 4 is 17.6 Å². The molecule has 7 nitrogen and oxygen atoms in total. The fourth-order valence-corrected chi connectivity index (χ4v) is 2.76. The highest BCUT2D eigenvalue weighted by molar-refractivity contribution is 5.92. The molecule has 1 amide bonds. The Bertz CT molecular complexity index is 853. The molecule has 0 radical (unpaired) electrons. The second-order valence-corrected chi connectivity index (χ2v) is 6.54. The maximum absolute atomic E-state index is 12.0. The van der Waals surface area contributed by atoms with Crippen LogP contribution in [0.5, 0.6) is 17.2 Å². The van der Waals surface area contributed by atoms with E-state index in [4.69, 9.17) is 18.9 Å². The smallest absolute Gasteiger partial charge is 0.306 e. The van der Waals surface area contributed by atoms with Crippen LogP contribution in [-0.2, 0) is 20.7 Å². The number of amides is 1. The Balaban J connectivity index is 1.86. The zero-order chi connectivity index (χ0) is 21.4. The highest BCUT2D eigenvalue weighted by Crippen LogP contribution is 2.38. The predicted molar refractivity (Wildman–Crippen MR) is 110 cm³/mol. The average Bonchev–Trinajstić information content (AvgIpc) is 2.72. The van der Waals surface area contributed by atoms with Crippen molar-refractivity contribution in [1.82, 2.24) is 0 Å². The van der Waals surface area contributed by atoms with E-state index >= 15 is 0 Å². The van der Waals surface area contributed by atoms with Crippen LogP contribution in [0.1, 0.15) is 23.1 Å². The lowest BCUT2D eigenvalue weighted by atomic mass is 10.1. The van der Waals surface area contributed by atoms with Gasteiger partial charge in [-0.25, -0.2) is 0 Å². The van der Waals surface area contributed by atoms with E-state index in [9.17, 15) is 9.59 Å². The van der Waals surface area contributed by atoms with Crippen LogP contribution >= 0.6 is 0 Å². The van der Waals surface area contributed by atoms with Crippen LogP contribution in [0, 0.1) is 13.8 Å². The Morgan fingerprint density at radius 2 is 1.55 bits per heavy atom.